The molecule has 0 fully saturated rings. The molecule has 0 unspecified atom stereocenters. The zero-order valence-electron chi connectivity index (χ0n) is 8.76. The van der Waals surface area contributed by atoms with Gasteiger partial charge in [-0.1, -0.05) is 38.3 Å². The summed E-state index contributed by atoms with van der Waals surface area (Å²) in [5, 5.41) is 8.31. The fourth-order valence-corrected chi connectivity index (χ4v) is 1.28. The van der Waals surface area contributed by atoms with Crippen molar-refractivity contribution in [2.75, 3.05) is 0 Å². The van der Waals surface area contributed by atoms with Gasteiger partial charge in [0, 0.05) is 6.42 Å². The van der Waals surface area contributed by atoms with E-state index in [2.05, 4.69) is 25.1 Å². The molecular formula is C12H21N. The Morgan fingerprint density at radius 1 is 1.00 bits per heavy atom. The highest BCUT2D eigenvalue weighted by Crippen LogP contribution is 2.07. The van der Waals surface area contributed by atoms with Gasteiger partial charge in [-0.3, -0.25) is 0 Å². The molecule has 0 N–H and O–H groups in total. The van der Waals surface area contributed by atoms with E-state index in [0.717, 1.165) is 19.3 Å². The van der Waals surface area contributed by atoms with Crippen LogP contribution in [0.2, 0.25) is 0 Å². The van der Waals surface area contributed by atoms with Gasteiger partial charge in [-0.25, -0.2) is 0 Å². The Morgan fingerprint density at radius 3 is 2.38 bits per heavy atom. The van der Waals surface area contributed by atoms with Crippen molar-refractivity contribution in [2.24, 2.45) is 0 Å². The molecule has 0 aromatic heterocycles. The fourth-order valence-electron chi connectivity index (χ4n) is 1.28. The Hall–Kier alpha value is -0.770. The van der Waals surface area contributed by atoms with Gasteiger partial charge in [0.25, 0.3) is 0 Å². The number of nitrogens with zero attached hydrogens (tertiary/aromatic N) is 1. The van der Waals surface area contributed by atoms with Gasteiger partial charge in [-0.2, -0.15) is 5.26 Å². The zero-order valence-corrected chi connectivity index (χ0v) is 8.76. The topological polar surface area (TPSA) is 23.8 Å². The van der Waals surface area contributed by atoms with Gasteiger partial charge in [0.1, 0.15) is 0 Å². The quantitative estimate of drug-likeness (QED) is 0.404. The third kappa shape index (κ3) is 11.2. The summed E-state index contributed by atoms with van der Waals surface area (Å²) in [6.07, 6.45) is 13.9. The van der Waals surface area contributed by atoms with Crippen LogP contribution < -0.4 is 0 Å². The SMILES string of the molecule is CC/C=C/CCCCCCCC#N. The lowest BCUT2D eigenvalue weighted by molar-refractivity contribution is 0.623. The first-order chi connectivity index (χ1) is 6.41. The molecular weight excluding hydrogens is 158 g/mol. The largest absolute Gasteiger partial charge is 0.198 e. The molecule has 74 valence electrons. The molecule has 0 aromatic carbocycles. The van der Waals surface area contributed by atoms with Gasteiger partial charge in [0.15, 0.2) is 0 Å². The highest BCUT2D eigenvalue weighted by molar-refractivity contribution is 4.79. The molecule has 1 nitrogen and oxygen atoms in total. The third-order valence-electron chi connectivity index (χ3n) is 2.06. The molecule has 0 atom stereocenters. The Bertz CT molecular complexity index is 153. The Morgan fingerprint density at radius 2 is 1.69 bits per heavy atom. The second kappa shape index (κ2) is 11.2. The molecule has 0 aromatic rings. The Kier molecular flexibility index (Phi) is 10.6. The minimum Gasteiger partial charge on any atom is -0.198 e. The van der Waals surface area contributed by atoms with Crippen molar-refractivity contribution in [1.29, 1.82) is 5.26 Å². The van der Waals surface area contributed by atoms with E-state index < -0.39 is 0 Å². The Labute approximate surface area is 82.5 Å². The molecule has 0 saturated carbocycles. The molecule has 0 heterocycles. The lowest BCUT2D eigenvalue weighted by atomic mass is 10.1. The number of rotatable bonds is 8. The van der Waals surface area contributed by atoms with Crippen LogP contribution in [0.1, 0.15) is 58.3 Å². The first-order valence-electron chi connectivity index (χ1n) is 5.43. The number of hydrogen-bond acceptors (Lipinski definition) is 1. The van der Waals surface area contributed by atoms with Crippen molar-refractivity contribution in [3.8, 4) is 6.07 Å². The second-order valence-corrected chi connectivity index (χ2v) is 3.34. The van der Waals surface area contributed by atoms with Crippen molar-refractivity contribution < 1.29 is 0 Å². The fraction of sp³-hybridized carbons (Fsp3) is 0.750. The first kappa shape index (κ1) is 12.2. The zero-order chi connectivity index (χ0) is 9.78. The molecule has 0 aliphatic heterocycles. The summed E-state index contributed by atoms with van der Waals surface area (Å²) < 4.78 is 0. The maximum absolute atomic E-state index is 8.31. The van der Waals surface area contributed by atoms with E-state index in [1.807, 2.05) is 0 Å². The molecule has 0 radical (unpaired) electrons. The van der Waals surface area contributed by atoms with Crippen molar-refractivity contribution in [2.45, 2.75) is 58.3 Å². The smallest absolute Gasteiger partial charge is 0.0621 e. The van der Waals surface area contributed by atoms with Crippen LogP contribution in [0.25, 0.3) is 0 Å². The lowest BCUT2D eigenvalue weighted by Crippen LogP contribution is -1.78. The molecule has 0 rings (SSSR count). The van der Waals surface area contributed by atoms with Crippen molar-refractivity contribution in [1.82, 2.24) is 0 Å². The average molecular weight is 179 g/mol. The van der Waals surface area contributed by atoms with Crippen LogP contribution in [0.5, 0.6) is 0 Å². The summed E-state index contributed by atoms with van der Waals surface area (Å²) in [6, 6.07) is 2.18. The monoisotopic (exact) mass is 179 g/mol. The van der Waals surface area contributed by atoms with E-state index in [1.165, 1.54) is 32.1 Å². The van der Waals surface area contributed by atoms with Crippen LogP contribution in [-0.2, 0) is 0 Å². The van der Waals surface area contributed by atoms with Crippen LogP contribution in [0.4, 0.5) is 0 Å². The summed E-state index contributed by atoms with van der Waals surface area (Å²) in [5.41, 5.74) is 0. The van der Waals surface area contributed by atoms with Gasteiger partial charge < -0.3 is 0 Å². The van der Waals surface area contributed by atoms with Gasteiger partial charge in [-0.15, -0.1) is 0 Å². The van der Waals surface area contributed by atoms with Crippen LogP contribution in [0.3, 0.4) is 0 Å². The van der Waals surface area contributed by atoms with Crippen LogP contribution in [0, 0.1) is 11.3 Å². The number of unbranched alkanes of at least 4 members (excludes halogenated alkanes) is 6. The third-order valence-corrected chi connectivity index (χ3v) is 2.06. The molecule has 0 bridgehead atoms. The van der Waals surface area contributed by atoms with E-state index in [4.69, 9.17) is 5.26 Å². The van der Waals surface area contributed by atoms with E-state index in [9.17, 15) is 0 Å². The van der Waals surface area contributed by atoms with Crippen LogP contribution in [0.15, 0.2) is 12.2 Å². The van der Waals surface area contributed by atoms with E-state index in [0.29, 0.717) is 0 Å². The van der Waals surface area contributed by atoms with Crippen molar-refractivity contribution >= 4 is 0 Å². The maximum Gasteiger partial charge on any atom is 0.0621 e. The Balaban J connectivity index is 2.92. The predicted octanol–water partition coefficient (Wildman–Crippen LogP) is 4.21. The van der Waals surface area contributed by atoms with Gasteiger partial charge in [-0.05, 0) is 25.7 Å². The maximum atomic E-state index is 8.31. The minimum absolute atomic E-state index is 0.732. The van der Waals surface area contributed by atoms with E-state index >= 15 is 0 Å². The minimum atomic E-state index is 0.732. The van der Waals surface area contributed by atoms with E-state index in [1.54, 1.807) is 0 Å². The molecule has 13 heavy (non-hydrogen) atoms. The van der Waals surface area contributed by atoms with E-state index in [-0.39, 0.29) is 0 Å². The number of nitriles is 1. The van der Waals surface area contributed by atoms with Gasteiger partial charge in [0.2, 0.25) is 0 Å². The second-order valence-electron chi connectivity index (χ2n) is 3.34. The number of allylic oxidation sites excluding steroid dienone is 2. The predicted molar refractivity (Wildman–Crippen MR) is 57.4 cm³/mol. The lowest BCUT2D eigenvalue weighted by Gasteiger charge is -1.96. The standard InChI is InChI=1S/C12H21N/c1-2-3-4-5-6-7-8-9-10-11-12-13/h3-4H,2,5-11H2,1H3/b4-3+. The summed E-state index contributed by atoms with van der Waals surface area (Å²) in [6.45, 7) is 2.17. The van der Waals surface area contributed by atoms with Crippen LogP contribution in [-0.4, -0.2) is 0 Å². The van der Waals surface area contributed by atoms with Gasteiger partial charge >= 0.3 is 0 Å². The average Bonchev–Trinajstić information content (AvgIpc) is 2.16. The number of hydrogen-bond donors (Lipinski definition) is 0. The summed E-state index contributed by atoms with van der Waals surface area (Å²) >= 11 is 0. The highest BCUT2D eigenvalue weighted by atomic mass is 14.2. The summed E-state index contributed by atoms with van der Waals surface area (Å²) in [4.78, 5) is 0. The molecule has 0 spiro atoms. The molecule has 0 saturated heterocycles. The summed E-state index contributed by atoms with van der Waals surface area (Å²) in [7, 11) is 0. The van der Waals surface area contributed by atoms with Crippen molar-refractivity contribution in [3.63, 3.8) is 0 Å². The molecule has 0 amide bonds. The highest BCUT2D eigenvalue weighted by Gasteiger charge is 1.88. The summed E-state index contributed by atoms with van der Waals surface area (Å²) in [5.74, 6) is 0. The van der Waals surface area contributed by atoms with Crippen molar-refractivity contribution in [3.05, 3.63) is 12.2 Å². The molecule has 0 aliphatic rings. The normalized spacial score (nSPS) is 10.5. The van der Waals surface area contributed by atoms with Crippen LogP contribution >= 0.6 is 0 Å². The van der Waals surface area contributed by atoms with Gasteiger partial charge in [0.05, 0.1) is 6.07 Å². The molecule has 0 aliphatic carbocycles. The molecule has 1 heteroatoms. The first-order valence-corrected chi connectivity index (χ1v) is 5.43.